The molecule has 0 bridgehead atoms. The van der Waals surface area contributed by atoms with Gasteiger partial charge in [0, 0.05) is 59.6 Å². The normalized spacial score (nSPS) is 11.8. The van der Waals surface area contributed by atoms with Gasteiger partial charge in [-0.25, -0.2) is 15.0 Å². The molecule has 4 heterocycles. The molecule has 0 radical (unpaired) electrons. The second-order valence-corrected chi connectivity index (χ2v) is 15.9. The summed E-state index contributed by atoms with van der Waals surface area (Å²) in [5, 5.41) is 8.57. The molecule has 5 heteroatoms. The third-order valence-corrected chi connectivity index (χ3v) is 12.6. The Morgan fingerprint density at radius 2 is 1.02 bits per heavy atom. The quantitative estimate of drug-likeness (QED) is 0.176. The number of nitrogens with zero attached hydrogens (tertiary/aromatic N) is 4. The number of thiophene rings is 1. The van der Waals surface area contributed by atoms with Crippen molar-refractivity contribution >= 4 is 75.0 Å². The van der Waals surface area contributed by atoms with Crippen molar-refractivity contribution in [3.8, 4) is 50.8 Å². The van der Waals surface area contributed by atoms with Crippen molar-refractivity contribution in [2.75, 3.05) is 0 Å². The summed E-state index contributed by atoms with van der Waals surface area (Å²) in [6.45, 7) is 0. The number of hydrogen-bond donors (Lipinski definition) is 0. The molecule has 0 saturated carbocycles. The van der Waals surface area contributed by atoms with Crippen LogP contribution in [0.4, 0.5) is 0 Å². The van der Waals surface area contributed by atoms with E-state index in [4.69, 9.17) is 15.0 Å². The number of pyridine rings is 1. The number of para-hydroxylation sites is 3. The highest BCUT2D eigenvalue weighted by atomic mass is 32.1. The third-order valence-electron chi connectivity index (χ3n) is 11.4. The number of benzene rings is 8. The van der Waals surface area contributed by atoms with Crippen LogP contribution in [0.25, 0.3) is 115 Å². The van der Waals surface area contributed by atoms with Crippen LogP contribution in [0.2, 0.25) is 0 Å². The van der Waals surface area contributed by atoms with Gasteiger partial charge in [-0.2, -0.15) is 0 Å². The molecule has 0 fully saturated rings. The molecule has 0 aliphatic carbocycles. The predicted octanol–water partition coefficient (Wildman–Crippen LogP) is 14.3. The first-order chi connectivity index (χ1) is 28.7. The summed E-state index contributed by atoms with van der Waals surface area (Å²) in [6, 6.07) is 68.9. The molecule has 4 nitrogen and oxygen atoms in total. The first kappa shape index (κ1) is 32.7. The van der Waals surface area contributed by atoms with Crippen LogP contribution in [0, 0.1) is 0 Å². The van der Waals surface area contributed by atoms with Gasteiger partial charge in [0.05, 0.1) is 38.3 Å². The Morgan fingerprint density at radius 1 is 0.397 bits per heavy atom. The van der Waals surface area contributed by atoms with E-state index in [9.17, 15) is 0 Å². The summed E-state index contributed by atoms with van der Waals surface area (Å²) in [4.78, 5) is 15.8. The lowest BCUT2D eigenvalue weighted by Gasteiger charge is -2.13. The lowest BCUT2D eigenvalue weighted by atomic mass is 10.0. The molecule has 12 aromatic rings. The monoisotopic (exact) mass is 756 g/mol. The second kappa shape index (κ2) is 13.1. The molecule has 4 aromatic heterocycles. The molecule has 8 aromatic carbocycles. The molecule has 0 aliphatic rings. The van der Waals surface area contributed by atoms with E-state index in [1.165, 1.54) is 58.1 Å². The van der Waals surface area contributed by atoms with Gasteiger partial charge in [0.25, 0.3) is 0 Å². The Morgan fingerprint density at radius 3 is 1.81 bits per heavy atom. The van der Waals surface area contributed by atoms with Crippen molar-refractivity contribution in [2.24, 2.45) is 0 Å². The molecular formula is C53H32N4S. The van der Waals surface area contributed by atoms with Crippen molar-refractivity contribution in [3.05, 3.63) is 194 Å². The van der Waals surface area contributed by atoms with Gasteiger partial charge in [-0.05, 0) is 59.3 Å². The standard InChI is InChI=1S/C53H32N4S/c1-2-13-36-30-37(29-24-33(36)12-1)46-32-45(55-53(56-46)38-14-11-15-39(31-38)57-47-21-8-4-16-40(47)41-17-5-9-22-48(41)57)34-25-27-35(28-26-34)51-52-50(42-18-3-7-20-44(42)54-51)43-19-6-10-23-49(43)58-52/h1-32H. The van der Waals surface area contributed by atoms with Crippen molar-refractivity contribution in [3.63, 3.8) is 0 Å². The Balaban J connectivity index is 1.02. The maximum absolute atomic E-state index is 5.30. The molecule has 0 atom stereocenters. The Labute approximate surface area is 338 Å². The van der Waals surface area contributed by atoms with Gasteiger partial charge in [0.2, 0.25) is 0 Å². The van der Waals surface area contributed by atoms with Gasteiger partial charge in [0.1, 0.15) is 0 Å². The van der Waals surface area contributed by atoms with Crippen LogP contribution < -0.4 is 0 Å². The lowest BCUT2D eigenvalue weighted by Crippen LogP contribution is -1.98. The van der Waals surface area contributed by atoms with Crippen molar-refractivity contribution in [2.45, 2.75) is 0 Å². The number of hydrogen-bond acceptors (Lipinski definition) is 4. The van der Waals surface area contributed by atoms with Crippen LogP contribution in [0.1, 0.15) is 0 Å². The van der Waals surface area contributed by atoms with Crippen LogP contribution in [-0.4, -0.2) is 19.5 Å². The minimum atomic E-state index is 0.676. The van der Waals surface area contributed by atoms with Crippen LogP contribution in [0.3, 0.4) is 0 Å². The zero-order valence-corrected chi connectivity index (χ0v) is 32.0. The molecular weight excluding hydrogens is 725 g/mol. The van der Waals surface area contributed by atoms with E-state index in [1.807, 2.05) is 11.3 Å². The fourth-order valence-electron chi connectivity index (χ4n) is 8.63. The van der Waals surface area contributed by atoms with Crippen LogP contribution in [-0.2, 0) is 0 Å². The van der Waals surface area contributed by atoms with E-state index in [2.05, 4.69) is 199 Å². The highest BCUT2D eigenvalue weighted by Gasteiger charge is 2.18. The lowest BCUT2D eigenvalue weighted by molar-refractivity contribution is 1.16. The number of fused-ring (bicyclic) bond motifs is 9. The largest absolute Gasteiger partial charge is 0.309 e. The summed E-state index contributed by atoms with van der Waals surface area (Å²) < 4.78 is 4.82. The zero-order valence-electron chi connectivity index (χ0n) is 31.2. The van der Waals surface area contributed by atoms with Crippen molar-refractivity contribution in [1.82, 2.24) is 19.5 Å². The smallest absolute Gasteiger partial charge is 0.160 e. The van der Waals surface area contributed by atoms with E-state index in [0.29, 0.717) is 5.82 Å². The molecule has 0 amide bonds. The molecule has 0 N–H and O–H groups in total. The van der Waals surface area contributed by atoms with Gasteiger partial charge < -0.3 is 4.57 Å². The zero-order chi connectivity index (χ0) is 38.2. The molecule has 0 spiro atoms. The van der Waals surface area contributed by atoms with Crippen molar-refractivity contribution < 1.29 is 0 Å². The van der Waals surface area contributed by atoms with Gasteiger partial charge in [0.15, 0.2) is 5.82 Å². The first-order valence-corrected chi connectivity index (χ1v) is 20.3. The van der Waals surface area contributed by atoms with E-state index in [1.54, 1.807) is 0 Å². The average molecular weight is 757 g/mol. The Kier molecular flexibility index (Phi) is 7.37. The Hall–Kier alpha value is -7.47. The molecule has 58 heavy (non-hydrogen) atoms. The molecule has 270 valence electrons. The number of aromatic nitrogens is 4. The summed E-state index contributed by atoms with van der Waals surface area (Å²) in [5.74, 6) is 0.676. The van der Waals surface area contributed by atoms with Crippen LogP contribution in [0.15, 0.2) is 194 Å². The van der Waals surface area contributed by atoms with Crippen LogP contribution >= 0.6 is 11.3 Å². The average Bonchev–Trinajstić information content (AvgIpc) is 3.85. The predicted molar refractivity (Wildman–Crippen MR) is 244 cm³/mol. The fraction of sp³-hybridized carbons (Fsp3) is 0. The molecule has 0 aliphatic heterocycles. The van der Waals surface area contributed by atoms with E-state index < -0.39 is 0 Å². The molecule has 0 saturated heterocycles. The van der Waals surface area contributed by atoms with Gasteiger partial charge >= 0.3 is 0 Å². The third kappa shape index (κ3) is 5.25. The highest BCUT2D eigenvalue weighted by molar-refractivity contribution is 7.26. The summed E-state index contributed by atoms with van der Waals surface area (Å²) in [6.07, 6.45) is 0. The summed E-state index contributed by atoms with van der Waals surface area (Å²) in [5.41, 5.74) is 11.2. The number of rotatable bonds is 5. The molecule has 0 unspecified atom stereocenters. The van der Waals surface area contributed by atoms with Gasteiger partial charge in [-0.15, -0.1) is 11.3 Å². The Bertz CT molecular complexity index is 3530. The minimum Gasteiger partial charge on any atom is -0.309 e. The first-order valence-electron chi connectivity index (χ1n) is 19.5. The topological polar surface area (TPSA) is 43.6 Å². The van der Waals surface area contributed by atoms with Gasteiger partial charge in [-0.1, -0.05) is 146 Å². The van der Waals surface area contributed by atoms with Crippen molar-refractivity contribution in [1.29, 1.82) is 0 Å². The summed E-state index contributed by atoms with van der Waals surface area (Å²) >= 11 is 1.81. The van der Waals surface area contributed by atoms with E-state index in [-0.39, 0.29) is 0 Å². The second-order valence-electron chi connectivity index (χ2n) is 14.8. The molecule has 12 rings (SSSR count). The van der Waals surface area contributed by atoms with E-state index >= 15 is 0 Å². The summed E-state index contributed by atoms with van der Waals surface area (Å²) in [7, 11) is 0. The maximum Gasteiger partial charge on any atom is 0.160 e. The van der Waals surface area contributed by atoms with Gasteiger partial charge in [-0.3, -0.25) is 0 Å². The minimum absolute atomic E-state index is 0.676. The highest BCUT2D eigenvalue weighted by Crippen LogP contribution is 2.43. The van der Waals surface area contributed by atoms with Crippen LogP contribution in [0.5, 0.6) is 0 Å². The SMILES string of the molecule is c1cc(-c2nc(-c3ccc(-c4nc5ccccc5c5c4sc4ccccc45)cc3)cc(-c3ccc4ccccc4c3)n2)cc(-n2c3ccccc3c3ccccc32)c1. The van der Waals surface area contributed by atoms with E-state index in [0.717, 1.165) is 50.5 Å². The maximum atomic E-state index is 5.30. The fourth-order valence-corrected chi connectivity index (χ4v) is 9.86.